The molecule has 0 saturated carbocycles. The SMILES string of the molecule is CCCN(CCN(C)C)c1cncc(NC)n1. The molecule has 0 unspecified atom stereocenters. The first-order chi connectivity index (χ1) is 8.17. The van der Waals surface area contributed by atoms with Gasteiger partial charge in [-0.05, 0) is 20.5 Å². The number of hydrogen-bond donors (Lipinski definition) is 1. The Bertz CT molecular complexity index is 326. The maximum absolute atomic E-state index is 4.52. The quantitative estimate of drug-likeness (QED) is 0.774. The second-order valence-corrected chi connectivity index (χ2v) is 4.30. The van der Waals surface area contributed by atoms with Crippen LogP contribution >= 0.6 is 0 Å². The Labute approximate surface area is 104 Å². The zero-order valence-corrected chi connectivity index (χ0v) is 11.3. The summed E-state index contributed by atoms with van der Waals surface area (Å²) in [6.45, 7) is 5.18. The molecular weight excluding hydrogens is 214 g/mol. The predicted molar refractivity (Wildman–Crippen MR) is 72.6 cm³/mol. The Hall–Kier alpha value is -1.36. The zero-order chi connectivity index (χ0) is 12.7. The van der Waals surface area contributed by atoms with E-state index in [1.807, 2.05) is 13.2 Å². The van der Waals surface area contributed by atoms with E-state index in [-0.39, 0.29) is 0 Å². The van der Waals surface area contributed by atoms with E-state index in [4.69, 9.17) is 0 Å². The van der Waals surface area contributed by atoms with Gasteiger partial charge in [0.25, 0.3) is 0 Å². The maximum atomic E-state index is 4.52. The highest BCUT2D eigenvalue weighted by atomic mass is 15.2. The number of nitrogens with zero attached hydrogens (tertiary/aromatic N) is 4. The van der Waals surface area contributed by atoms with Gasteiger partial charge in [0.15, 0.2) is 0 Å². The molecule has 0 aromatic carbocycles. The first kappa shape index (κ1) is 13.7. The number of anilines is 2. The molecule has 0 fully saturated rings. The Morgan fingerprint density at radius 3 is 2.53 bits per heavy atom. The van der Waals surface area contributed by atoms with Crippen molar-refractivity contribution in [3.05, 3.63) is 12.4 Å². The van der Waals surface area contributed by atoms with E-state index in [1.54, 1.807) is 6.20 Å². The van der Waals surface area contributed by atoms with Crippen LogP contribution in [0.4, 0.5) is 11.6 Å². The van der Waals surface area contributed by atoms with Crippen molar-refractivity contribution in [2.75, 3.05) is 51.0 Å². The van der Waals surface area contributed by atoms with Gasteiger partial charge in [-0.2, -0.15) is 0 Å². The predicted octanol–water partition coefficient (Wildman–Crippen LogP) is 1.30. The lowest BCUT2D eigenvalue weighted by atomic mass is 10.4. The molecule has 1 heterocycles. The van der Waals surface area contributed by atoms with E-state index in [2.05, 4.69) is 46.1 Å². The molecule has 0 spiro atoms. The van der Waals surface area contributed by atoms with Gasteiger partial charge in [0.05, 0.1) is 12.4 Å². The minimum atomic E-state index is 0.813. The van der Waals surface area contributed by atoms with Gasteiger partial charge in [-0.25, -0.2) is 4.98 Å². The molecule has 0 aliphatic carbocycles. The Balaban J connectivity index is 2.73. The smallest absolute Gasteiger partial charge is 0.149 e. The number of nitrogens with one attached hydrogen (secondary N) is 1. The zero-order valence-electron chi connectivity index (χ0n) is 11.3. The van der Waals surface area contributed by atoms with Gasteiger partial charge < -0.3 is 15.1 Å². The molecule has 0 atom stereocenters. The maximum Gasteiger partial charge on any atom is 0.149 e. The van der Waals surface area contributed by atoms with Crippen LogP contribution in [0.3, 0.4) is 0 Å². The summed E-state index contributed by atoms with van der Waals surface area (Å²) < 4.78 is 0. The summed E-state index contributed by atoms with van der Waals surface area (Å²) in [7, 11) is 6.03. The van der Waals surface area contributed by atoms with Crippen molar-refractivity contribution in [2.24, 2.45) is 0 Å². The molecule has 5 nitrogen and oxygen atoms in total. The second-order valence-electron chi connectivity index (χ2n) is 4.30. The molecule has 1 aromatic heterocycles. The van der Waals surface area contributed by atoms with Crippen LogP contribution < -0.4 is 10.2 Å². The number of aromatic nitrogens is 2. The van der Waals surface area contributed by atoms with Crippen LogP contribution in [0.5, 0.6) is 0 Å². The van der Waals surface area contributed by atoms with Crippen molar-refractivity contribution >= 4 is 11.6 Å². The van der Waals surface area contributed by atoms with E-state index in [0.717, 1.165) is 37.7 Å². The van der Waals surface area contributed by atoms with E-state index in [0.29, 0.717) is 0 Å². The topological polar surface area (TPSA) is 44.3 Å². The average Bonchev–Trinajstić information content (AvgIpc) is 2.34. The van der Waals surface area contributed by atoms with E-state index in [1.165, 1.54) is 0 Å². The van der Waals surface area contributed by atoms with Crippen LogP contribution in [0.25, 0.3) is 0 Å². The average molecular weight is 237 g/mol. The Morgan fingerprint density at radius 1 is 1.18 bits per heavy atom. The normalized spacial score (nSPS) is 10.6. The highest BCUT2D eigenvalue weighted by Crippen LogP contribution is 2.12. The van der Waals surface area contributed by atoms with Crippen LogP contribution in [-0.4, -0.2) is 55.6 Å². The van der Waals surface area contributed by atoms with E-state index < -0.39 is 0 Å². The minimum Gasteiger partial charge on any atom is -0.372 e. The highest BCUT2D eigenvalue weighted by molar-refractivity contribution is 5.43. The lowest BCUT2D eigenvalue weighted by Crippen LogP contribution is -2.33. The standard InChI is InChI=1S/C12H23N5/c1-5-6-17(8-7-16(3)4)12-10-14-9-11(13-2)15-12/h9-10H,5-8H2,1-4H3,(H,13,15). The molecule has 1 aromatic rings. The summed E-state index contributed by atoms with van der Waals surface area (Å²) in [5.74, 6) is 1.76. The largest absolute Gasteiger partial charge is 0.372 e. The third-order valence-corrected chi connectivity index (χ3v) is 2.51. The monoisotopic (exact) mass is 237 g/mol. The van der Waals surface area contributed by atoms with Gasteiger partial charge in [0, 0.05) is 26.7 Å². The fraction of sp³-hybridized carbons (Fsp3) is 0.667. The fourth-order valence-electron chi connectivity index (χ4n) is 1.56. The molecule has 0 amide bonds. The van der Waals surface area contributed by atoms with Crippen LogP contribution in [0.1, 0.15) is 13.3 Å². The summed E-state index contributed by atoms with van der Waals surface area (Å²) >= 11 is 0. The van der Waals surface area contributed by atoms with E-state index >= 15 is 0 Å². The van der Waals surface area contributed by atoms with Crippen molar-refractivity contribution in [1.29, 1.82) is 0 Å². The summed E-state index contributed by atoms with van der Waals surface area (Å²) in [5.41, 5.74) is 0. The van der Waals surface area contributed by atoms with Crippen molar-refractivity contribution < 1.29 is 0 Å². The summed E-state index contributed by atoms with van der Waals surface area (Å²) in [6.07, 6.45) is 4.67. The van der Waals surface area contributed by atoms with Gasteiger partial charge in [0.1, 0.15) is 11.6 Å². The van der Waals surface area contributed by atoms with Crippen LogP contribution in [0.2, 0.25) is 0 Å². The molecule has 0 saturated heterocycles. The van der Waals surface area contributed by atoms with Crippen molar-refractivity contribution in [1.82, 2.24) is 14.9 Å². The molecular formula is C12H23N5. The third-order valence-electron chi connectivity index (χ3n) is 2.51. The molecule has 5 heteroatoms. The Kier molecular flexibility index (Phi) is 5.69. The highest BCUT2D eigenvalue weighted by Gasteiger charge is 2.08. The lowest BCUT2D eigenvalue weighted by molar-refractivity contribution is 0.412. The van der Waals surface area contributed by atoms with Crippen LogP contribution in [0, 0.1) is 0 Å². The minimum absolute atomic E-state index is 0.813. The molecule has 0 aliphatic heterocycles. The van der Waals surface area contributed by atoms with Gasteiger partial charge in [-0.1, -0.05) is 6.92 Å². The van der Waals surface area contributed by atoms with Crippen molar-refractivity contribution in [2.45, 2.75) is 13.3 Å². The van der Waals surface area contributed by atoms with Gasteiger partial charge in [-0.15, -0.1) is 0 Å². The van der Waals surface area contributed by atoms with Crippen LogP contribution in [-0.2, 0) is 0 Å². The summed E-state index contributed by atoms with van der Waals surface area (Å²) in [5, 5.41) is 3.02. The second kappa shape index (κ2) is 7.06. The van der Waals surface area contributed by atoms with Crippen molar-refractivity contribution in [3.63, 3.8) is 0 Å². The van der Waals surface area contributed by atoms with Gasteiger partial charge in [-0.3, -0.25) is 4.98 Å². The number of likely N-dealkylation sites (N-methyl/N-ethyl adjacent to an activating group) is 1. The summed E-state index contributed by atoms with van der Waals surface area (Å²) in [6, 6.07) is 0. The van der Waals surface area contributed by atoms with Gasteiger partial charge >= 0.3 is 0 Å². The molecule has 96 valence electrons. The third kappa shape index (κ3) is 4.56. The van der Waals surface area contributed by atoms with Gasteiger partial charge in [0.2, 0.25) is 0 Å². The van der Waals surface area contributed by atoms with Crippen molar-refractivity contribution in [3.8, 4) is 0 Å². The lowest BCUT2D eigenvalue weighted by Gasteiger charge is -2.24. The molecule has 17 heavy (non-hydrogen) atoms. The molecule has 0 radical (unpaired) electrons. The fourth-order valence-corrected chi connectivity index (χ4v) is 1.56. The molecule has 0 aliphatic rings. The molecule has 1 N–H and O–H groups in total. The van der Waals surface area contributed by atoms with E-state index in [9.17, 15) is 0 Å². The molecule has 1 rings (SSSR count). The first-order valence-electron chi connectivity index (χ1n) is 6.06. The number of hydrogen-bond acceptors (Lipinski definition) is 5. The Morgan fingerprint density at radius 2 is 1.94 bits per heavy atom. The van der Waals surface area contributed by atoms with Crippen LogP contribution in [0.15, 0.2) is 12.4 Å². The first-order valence-corrected chi connectivity index (χ1v) is 6.06. The molecule has 0 bridgehead atoms. The number of rotatable bonds is 7. The summed E-state index contributed by atoms with van der Waals surface area (Å²) in [4.78, 5) is 13.2.